The fraction of sp³-hybridized carbons (Fsp3) is 0.364. The average molecular weight is 319 g/mol. The van der Waals surface area contributed by atoms with Crippen LogP contribution in [0.5, 0.6) is 0 Å². The summed E-state index contributed by atoms with van der Waals surface area (Å²) >= 11 is 0. The van der Waals surface area contributed by atoms with E-state index in [2.05, 4.69) is 30.4 Å². The molecule has 0 saturated heterocycles. The zero-order valence-electron chi connectivity index (χ0n) is 14.2. The second kappa shape index (κ2) is 6.72. The molecular weight excluding hydrogens is 294 g/mol. The summed E-state index contributed by atoms with van der Waals surface area (Å²) in [5.74, 6) is 0. The number of anilines is 1. The van der Waals surface area contributed by atoms with Crippen LogP contribution in [0.25, 0.3) is 16.8 Å². The topological polar surface area (TPSA) is 35.2 Å². The quantitative estimate of drug-likeness (QED) is 0.679. The highest BCUT2D eigenvalue weighted by Crippen LogP contribution is 2.37. The van der Waals surface area contributed by atoms with Gasteiger partial charge in [0.15, 0.2) is 0 Å². The molecular formula is C22H25NO. The molecule has 0 radical (unpaired) electrons. The van der Waals surface area contributed by atoms with Gasteiger partial charge < -0.3 is 10.5 Å². The Morgan fingerprint density at radius 2 is 1.83 bits per heavy atom. The summed E-state index contributed by atoms with van der Waals surface area (Å²) in [6, 6.07) is 6.85. The second-order valence-corrected chi connectivity index (χ2v) is 6.84. The zero-order chi connectivity index (χ0) is 16.4. The molecule has 2 aromatic rings. The van der Waals surface area contributed by atoms with Gasteiger partial charge in [-0.1, -0.05) is 24.3 Å². The van der Waals surface area contributed by atoms with Crippen molar-refractivity contribution >= 4 is 22.5 Å². The first-order chi connectivity index (χ1) is 11.8. The summed E-state index contributed by atoms with van der Waals surface area (Å²) < 4.78 is 4.76. The molecule has 0 spiro atoms. The van der Waals surface area contributed by atoms with Gasteiger partial charge in [-0.05, 0) is 78.3 Å². The van der Waals surface area contributed by atoms with E-state index < -0.39 is 0 Å². The minimum atomic E-state index is 0.889. The van der Waals surface area contributed by atoms with E-state index in [1.165, 1.54) is 58.7 Å². The molecule has 2 aromatic carbocycles. The number of ether oxygens (including phenoxy) is 1. The van der Waals surface area contributed by atoms with Crippen LogP contribution in [0.1, 0.15) is 47.9 Å². The summed E-state index contributed by atoms with van der Waals surface area (Å²) in [5, 5.41) is 2.70. The third kappa shape index (κ3) is 2.82. The van der Waals surface area contributed by atoms with E-state index in [1.54, 1.807) is 6.26 Å². The molecule has 0 amide bonds. The number of benzene rings is 2. The molecule has 2 nitrogen and oxygen atoms in total. The summed E-state index contributed by atoms with van der Waals surface area (Å²) in [4.78, 5) is 0. The molecule has 1 heterocycles. The third-order valence-corrected chi connectivity index (χ3v) is 5.25. The molecule has 124 valence electrons. The van der Waals surface area contributed by atoms with Crippen molar-refractivity contribution in [2.45, 2.75) is 44.9 Å². The highest BCUT2D eigenvalue weighted by atomic mass is 16.5. The van der Waals surface area contributed by atoms with Gasteiger partial charge in [0.1, 0.15) is 0 Å². The Kier molecular flexibility index (Phi) is 4.29. The van der Waals surface area contributed by atoms with E-state index in [0.29, 0.717) is 0 Å². The Labute approximate surface area is 144 Å². The maximum atomic E-state index is 6.38. The van der Waals surface area contributed by atoms with Gasteiger partial charge in [-0.2, -0.15) is 0 Å². The van der Waals surface area contributed by atoms with Crippen molar-refractivity contribution < 1.29 is 4.74 Å². The Hall–Kier alpha value is -2.22. The Balaban J connectivity index is 0.000000252. The van der Waals surface area contributed by atoms with Crippen LogP contribution in [0.2, 0.25) is 0 Å². The highest BCUT2D eigenvalue weighted by Gasteiger charge is 2.18. The lowest BCUT2D eigenvalue weighted by Gasteiger charge is -2.22. The second-order valence-electron chi connectivity index (χ2n) is 6.84. The Morgan fingerprint density at radius 3 is 2.62 bits per heavy atom. The van der Waals surface area contributed by atoms with Gasteiger partial charge in [0, 0.05) is 17.5 Å². The number of hydrogen-bond acceptors (Lipinski definition) is 2. The maximum absolute atomic E-state index is 6.38. The van der Waals surface area contributed by atoms with Gasteiger partial charge in [0.2, 0.25) is 0 Å². The molecule has 0 bridgehead atoms. The van der Waals surface area contributed by atoms with E-state index in [4.69, 9.17) is 10.5 Å². The molecule has 3 aliphatic rings. The first kappa shape index (κ1) is 15.3. The molecule has 2 aliphatic carbocycles. The van der Waals surface area contributed by atoms with E-state index >= 15 is 0 Å². The normalized spacial score (nSPS) is 17.7. The monoisotopic (exact) mass is 319 g/mol. The van der Waals surface area contributed by atoms with Crippen LogP contribution >= 0.6 is 0 Å². The molecule has 2 heteroatoms. The number of nitrogens with two attached hydrogens (primary N) is 1. The fourth-order valence-electron chi connectivity index (χ4n) is 4.08. The smallest absolute Gasteiger partial charge is 0.0908 e. The molecule has 24 heavy (non-hydrogen) atoms. The van der Waals surface area contributed by atoms with Crippen LogP contribution in [0.4, 0.5) is 5.69 Å². The van der Waals surface area contributed by atoms with Crippen molar-refractivity contribution in [2.24, 2.45) is 0 Å². The van der Waals surface area contributed by atoms with Gasteiger partial charge >= 0.3 is 0 Å². The number of nitrogen functional groups attached to an aromatic ring is 1. The van der Waals surface area contributed by atoms with Gasteiger partial charge in [0.05, 0.1) is 12.9 Å². The molecule has 0 fully saturated rings. The van der Waals surface area contributed by atoms with Crippen molar-refractivity contribution in [3.63, 3.8) is 0 Å². The summed E-state index contributed by atoms with van der Waals surface area (Å²) in [5.41, 5.74) is 13.2. The summed E-state index contributed by atoms with van der Waals surface area (Å²) in [7, 11) is 0. The molecule has 0 atom stereocenters. The van der Waals surface area contributed by atoms with Crippen molar-refractivity contribution in [3.8, 4) is 0 Å². The largest absolute Gasteiger partial charge is 0.501 e. The molecule has 1 aliphatic heterocycles. The lowest BCUT2D eigenvalue weighted by Crippen LogP contribution is -2.06. The first-order valence-corrected chi connectivity index (χ1v) is 9.13. The van der Waals surface area contributed by atoms with Crippen molar-refractivity contribution in [3.05, 3.63) is 58.9 Å². The summed E-state index contributed by atoms with van der Waals surface area (Å²) in [6.45, 7) is 0.889. The van der Waals surface area contributed by atoms with Crippen molar-refractivity contribution in [1.29, 1.82) is 0 Å². The third-order valence-electron chi connectivity index (χ3n) is 5.25. The predicted octanol–water partition coefficient (Wildman–Crippen LogP) is 5.18. The number of fused-ring (bicyclic) bond motifs is 5. The molecule has 2 N–H and O–H groups in total. The molecule has 0 saturated carbocycles. The number of hydrogen-bond donors (Lipinski definition) is 1. The first-order valence-electron chi connectivity index (χ1n) is 9.13. The van der Waals surface area contributed by atoms with Crippen molar-refractivity contribution in [2.75, 3.05) is 12.3 Å². The van der Waals surface area contributed by atoms with E-state index in [0.717, 1.165) is 31.6 Å². The van der Waals surface area contributed by atoms with Crippen LogP contribution in [0.3, 0.4) is 0 Å². The highest BCUT2D eigenvalue weighted by molar-refractivity contribution is 6.02. The van der Waals surface area contributed by atoms with E-state index in [9.17, 15) is 0 Å². The SMILES string of the molecule is C1=COCC1.Nc1cc2c(c3ccc4c(c13)CCCC4)C=CCC2. The Morgan fingerprint density at radius 1 is 0.917 bits per heavy atom. The van der Waals surface area contributed by atoms with Gasteiger partial charge in [-0.25, -0.2) is 0 Å². The molecule has 0 unspecified atom stereocenters. The van der Waals surface area contributed by atoms with Crippen LogP contribution < -0.4 is 5.73 Å². The van der Waals surface area contributed by atoms with Crippen LogP contribution in [0.15, 0.2) is 36.6 Å². The van der Waals surface area contributed by atoms with Crippen LogP contribution in [-0.2, 0) is 24.0 Å². The molecule has 5 rings (SSSR count). The number of rotatable bonds is 0. The molecule has 0 aromatic heterocycles. The minimum Gasteiger partial charge on any atom is -0.501 e. The lowest BCUT2D eigenvalue weighted by molar-refractivity contribution is 0.281. The maximum Gasteiger partial charge on any atom is 0.0908 e. The van der Waals surface area contributed by atoms with Crippen LogP contribution in [0, 0.1) is 0 Å². The van der Waals surface area contributed by atoms with Crippen LogP contribution in [-0.4, -0.2) is 6.61 Å². The lowest BCUT2D eigenvalue weighted by atomic mass is 9.83. The fourth-order valence-corrected chi connectivity index (χ4v) is 4.08. The standard InChI is InChI=1S/C18H19N.C4H6O/c19-17-11-13-6-2-3-7-14(13)16-10-9-12-5-1-4-8-15(12)18(16)17;1-2-4-5-3-1/h3,7,9-11H,1-2,4-6,8,19H2;1,3H,2,4H2. The number of allylic oxidation sites excluding steroid dienone is 1. The average Bonchev–Trinajstić information content (AvgIpc) is 3.21. The van der Waals surface area contributed by atoms with Crippen molar-refractivity contribution in [1.82, 2.24) is 0 Å². The summed E-state index contributed by atoms with van der Waals surface area (Å²) in [6.07, 6.45) is 16.7. The Bertz CT molecular complexity index is 811. The van der Waals surface area contributed by atoms with Gasteiger partial charge in [-0.3, -0.25) is 0 Å². The number of aryl methyl sites for hydroxylation is 3. The van der Waals surface area contributed by atoms with Gasteiger partial charge in [0.25, 0.3) is 0 Å². The minimum absolute atomic E-state index is 0.889. The van der Waals surface area contributed by atoms with E-state index in [1.807, 2.05) is 6.08 Å². The predicted molar refractivity (Wildman–Crippen MR) is 102 cm³/mol. The zero-order valence-corrected chi connectivity index (χ0v) is 14.2. The van der Waals surface area contributed by atoms with E-state index in [-0.39, 0.29) is 0 Å². The van der Waals surface area contributed by atoms with Gasteiger partial charge in [-0.15, -0.1) is 0 Å².